The smallest absolute Gasteiger partial charge is 0.311 e. The summed E-state index contributed by atoms with van der Waals surface area (Å²) in [4.78, 5) is 24.5. The largest absolute Gasteiger partial charge is 0.481 e. The van der Waals surface area contributed by atoms with Crippen LogP contribution in [-0.4, -0.2) is 130 Å². The van der Waals surface area contributed by atoms with Crippen LogP contribution >= 0.6 is 0 Å². The average molecular weight is 781 g/mol. The zero-order chi connectivity index (χ0) is 41.1. The number of ether oxygens (including phenoxy) is 2. The van der Waals surface area contributed by atoms with Gasteiger partial charge >= 0.3 is 11.9 Å². The second-order valence-electron chi connectivity index (χ2n) is 15.0. The third kappa shape index (κ3) is 18.2. The van der Waals surface area contributed by atoms with E-state index in [0.717, 1.165) is 12.8 Å². The van der Waals surface area contributed by atoms with Gasteiger partial charge in [0.05, 0.1) is 61.4 Å². The fourth-order valence-corrected chi connectivity index (χ4v) is 6.67. The van der Waals surface area contributed by atoms with Crippen LogP contribution < -0.4 is 0 Å². The molecule has 14 heteroatoms. The lowest BCUT2D eigenvalue weighted by Gasteiger charge is -2.44. The lowest BCUT2D eigenvalue weighted by molar-refractivity contribution is -0.302. The number of aliphatic carboxylic acids is 1. The minimum Gasteiger partial charge on any atom is -0.481 e. The first-order valence-corrected chi connectivity index (χ1v) is 19.2. The zero-order valence-corrected chi connectivity index (χ0v) is 32.1. The maximum absolute atomic E-state index is 12.5. The summed E-state index contributed by atoms with van der Waals surface area (Å²) in [5.41, 5.74) is 0. The quantitative estimate of drug-likeness (QED) is 0.171. The van der Waals surface area contributed by atoms with Gasteiger partial charge in [0.25, 0.3) is 0 Å². The number of cyclic esters (lactones) is 1. The first-order chi connectivity index (χ1) is 25.9. The summed E-state index contributed by atoms with van der Waals surface area (Å²) in [6, 6.07) is 0. The minimum absolute atomic E-state index is 0.0971. The molecule has 0 aliphatic carbocycles. The van der Waals surface area contributed by atoms with Crippen LogP contribution in [0.3, 0.4) is 0 Å². The highest BCUT2D eigenvalue weighted by atomic mass is 16.6. The average Bonchev–Trinajstić information content (AvgIpc) is 3.08. The van der Waals surface area contributed by atoms with E-state index in [1.54, 1.807) is 38.2 Å². The Hall–Kier alpha value is -3.02. The van der Waals surface area contributed by atoms with E-state index in [0.29, 0.717) is 0 Å². The Bertz CT molecular complexity index is 1330. The number of carbonyl (C=O) groups is 2. The van der Waals surface area contributed by atoms with Crippen molar-refractivity contribution in [3.05, 3.63) is 72.9 Å². The van der Waals surface area contributed by atoms with Crippen molar-refractivity contribution in [2.24, 2.45) is 17.8 Å². The summed E-state index contributed by atoms with van der Waals surface area (Å²) in [6.45, 7) is 5.27. The number of aliphatic hydroxyl groups is 9. The number of aliphatic hydroxyl groups excluding tert-OH is 8. The Morgan fingerprint density at radius 2 is 1.25 bits per heavy atom. The van der Waals surface area contributed by atoms with Crippen molar-refractivity contribution in [2.45, 2.75) is 152 Å². The Kier molecular flexibility index (Phi) is 21.5. The number of hydrogen-bond donors (Lipinski definition) is 10. The normalized spacial score (nSPS) is 42.8. The van der Waals surface area contributed by atoms with Gasteiger partial charge in [-0.25, -0.2) is 0 Å². The molecule has 0 unspecified atom stereocenters. The number of rotatable bonds is 1. The van der Waals surface area contributed by atoms with Crippen LogP contribution in [-0.2, 0) is 19.1 Å². The van der Waals surface area contributed by atoms with E-state index in [1.165, 1.54) is 6.08 Å². The van der Waals surface area contributed by atoms with Crippen LogP contribution in [0.25, 0.3) is 0 Å². The van der Waals surface area contributed by atoms with Crippen LogP contribution in [0.2, 0.25) is 0 Å². The van der Waals surface area contributed by atoms with Crippen molar-refractivity contribution >= 4 is 11.9 Å². The zero-order valence-electron chi connectivity index (χ0n) is 32.1. The topological polar surface area (TPSA) is 255 Å². The van der Waals surface area contributed by atoms with Gasteiger partial charge in [-0.1, -0.05) is 86.8 Å². The van der Waals surface area contributed by atoms with Crippen LogP contribution in [0, 0.1) is 17.8 Å². The summed E-state index contributed by atoms with van der Waals surface area (Å²) in [5, 5.41) is 106. The molecule has 2 heterocycles. The molecular weight excluding hydrogens is 716 g/mol. The molecular formula is C41H64O14. The van der Waals surface area contributed by atoms with Crippen LogP contribution in [0.15, 0.2) is 72.9 Å². The Morgan fingerprint density at radius 3 is 1.91 bits per heavy atom. The highest BCUT2D eigenvalue weighted by Crippen LogP contribution is 2.37. The van der Waals surface area contributed by atoms with Crippen molar-refractivity contribution in [1.82, 2.24) is 0 Å². The lowest BCUT2D eigenvalue weighted by atomic mass is 9.82. The molecule has 1 fully saturated rings. The maximum Gasteiger partial charge on any atom is 0.311 e. The van der Waals surface area contributed by atoms with E-state index in [-0.39, 0.29) is 38.0 Å². The van der Waals surface area contributed by atoms with Gasteiger partial charge in [0, 0.05) is 31.1 Å². The molecule has 0 saturated carbocycles. The van der Waals surface area contributed by atoms with Gasteiger partial charge in [-0.15, -0.1) is 0 Å². The molecule has 2 rings (SSSR count). The van der Waals surface area contributed by atoms with Gasteiger partial charge in [0.15, 0.2) is 5.79 Å². The van der Waals surface area contributed by atoms with E-state index < -0.39 is 110 Å². The van der Waals surface area contributed by atoms with Gasteiger partial charge in [0.1, 0.15) is 12.0 Å². The molecule has 2 aliphatic rings. The van der Waals surface area contributed by atoms with Crippen LogP contribution in [0.1, 0.15) is 85.0 Å². The number of carbonyl (C=O) groups excluding carboxylic acids is 1. The summed E-state index contributed by atoms with van der Waals surface area (Å²) in [5.74, 6) is -6.50. The van der Waals surface area contributed by atoms with Crippen molar-refractivity contribution in [3.63, 3.8) is 0 Å². The van der Waals surface area contributed by atoms with E-state index in [2.05, 4.69) is 0 Å². The molecule has 0 spiro atoms. The monoisotopic (exact) mass is 780 g/mol. The molecule has 55 heavy (non-hydrogen) atoms. The maximum atomic E-state index is 12.5. The van der Waals surface area contributed by atoms with Crippen LogP contribution in [0.4, 0.5) is 0 Å². The summed E-state index contributed by atoms with van der Waals surface area (Å²) in [7, 11) is 0. The van der Waals surface area contributed by atoms with Crippen molar-refractivity contribution < 1.29 is 70.1 Å². The van der Waals surface area contributed by atoms with Crippen molar-refractivity contribution in [2.75, 3.05) is 0 Å². The van der Waals surface area contributed by atoms with Gasteiger partial charge < -0.3 is 60.5 Å². The first kappa shape index (κ1) is 48.1. The second kappa shape index (κ2) is 24.6. The lowest BCUT2D eigenvalue weighted by Crippen LogP contribution is -2.56. The number of esters is 1. The molecule has 2 bridgehead atoms. The third-order valence-electron chi connectivity index (χ3n) is 10.1. The standard InChI is InChI=1S/C41H64O14/c1-26-16-14-12-10-8-6-4-5-7-9-11-13-15-17-29(42)22-36-38(40(51)52)35(48)25-41(53,55-36)24-34(47)33(46)19-18-30(43)20-31(44)21-32(45)23-37(49)54-28(3)27(2)39(26)50/h4-5,7,9-17,26-36,38-39,42-48,50,53H,6,8,18-25H2,1-3H3,(H,51,52)/b5-4+,9-7+,12-10+,13-11+,16-14+,17-15+/t26-,27-,28-,29-,30+,31+,32+,33+,34+,35-,36-,38+,39+,41+/m0/s1. The number of carboxylic acids is 1. The second-order valence-corrected chi connectivity index (χ2v) is 15.0. The summed E-state index contributed by atoms with van der Waals surface area (Å²) < 4.78 is 11.1. The predicted molar refractivity (Wildman–Crippen MR) is 204 cm³/mol. The highest BCUT2D eigenvalue weighted by molar-refractivity contribution is 5.71. The van der Waals surface area contributed by atoms with Gasteiger partial charge in [-0.2, -0.15) is 0 Å². The molecule has 2 aliphatic heterocycles. The van der Waals surface area contributed by atoms with Crippen LogP contribution in [0.5, 0.6) is 0 Å². The Labute approximate surface area is 324 Å². The SMILES string of the molecule is C[C@@H]1[C@H](O)[C@@H](C)/C=C/C=C/CC/C=C/C=C/C=C/C=C/[C@H](O)C[C@@H]2O[C@](O)(C[C@@H](O)[C@H](O)CC[C@@H](O)C[C@@H](O)C[C@@H](O)CC(=O)O[C@H]1C)C[C@H](O)[C@H]2C(=O)O. The number of allylic oxidation sites excluding steroid dienone is 10. The van der Waals surface area contributed by atoms with E-state index in [1.807, 2.05) is 49.5 Å². The van der Waals surface area contributed by atoms with E-state index in [4.69, 9.17) is 9.47 Å². The van der Waals surface area contributed by atoms with Crippen molar-refractivity contribution in [1.29, 1.82) is 0 Å². The Morgan fingerprint density at radius 1 is 0.691 bits per heavy atom. The van der Waals surface area contributed by atoms with E-state index >= 15 is 0 Å². The molecule has 0 aromatic carbocycles. The number of fused-ring (bicyclic) bond motifs is 2. The van der Waals surface area contributed by atoms with Crippen molar-refractivity contribution in [3.8, 4) is 0 Å². The summed E-state index contributed by atoms with van der Waals surface area (Å²) in [6.07, 6.45) is 7.95. The molecule has 10 N–H and O–H groups in total. The molecule has 0 radical (unpaired) electrons. The molecule has 0 amide bonds. The minimum atomic E-state index is -2.25. The summed E-state index contributed by atoms with van der Waals surface area (Å²) >= 11 is 0. The first-order valence-electron chi connectivity index (χ1n) is 19.2. The van der Waals surface area contributed by atoms with Gasteiger partial charge in [-0.05, 0) is 45.4 Å². The fourth-order valence-electron chi connectivity index (χ4n) is 6.67. The molecule has 14 atom stereocenters. The molecule has 0 aromatic rings. The number of carboxylic acid groups (broad SMARTS) is 1. The van der Waals surface area contributed by atoms with Gasteiger partial charge in [-0.3, -0.25) is 9.59 Å². The van der Waals surface area contributed by atoms with E-state index in [9.17, 15) is 60.7 Å². The third-order valence-corrected chi connectivity index (χ3v) is 10.1. The molecule has 1 saturated heterocycles. The molecule has 312 valence electrons. The number of hydrogen-bond acceptors (Lipinski definition) is 13. The molecule has 14 nitrogen and oxygen atoms in total. The predicted octanol–water partition coefficient (Wildman–Crippen LogP) is 2.12. The van der Waals surface area contributed by atoms with Gasteiger partial charge in [0.2, 0.25) is 0 Å². The highest BCUT2D eigenvalue weighted by Gasteiger charge is 2.50. The molecule has 0 aromatic heterocycles. The fraction of sp³-hybridized carbons (Fsp3) is 0.659. The Balaban J connectivity index is 2.15.